The van der Waals surface area contributed by atoms with Gasteiger partial charge in [0.15, 0.2) is 0 Å². The Hall–Kier alpha value is -1.21. The summed E-state index contributed by atoms with van der Waals surface area (Å²) in [5.41, 5.74) is 0. The third-order valence-corrected chi connectivity index (χ3v) is 13.3. The number of sulfonamides is 2. The topological polar surface area (TPSA) is 109 Å². The fourth-order valence-corrected chi connectivity index (χ4v) is 10.2. The summed E-state index contributed by atoms with van der Waals surface area (Å²) in [6.45, 7) is 1.35. The SMILES string of the molecule is O=S(=O)(c1ccc(Cl)c(S(=O)(=O)N2CCCCCC2)c1)c1ccc(Cl)c(S(=O)(=O)N2CCCCCC2)c1. The van der Waals surface area contributed by atoms with Crippen molar-refractivity contribution in [3.8, 4) is 0 Å². The molecule has 0 amide bonds. The van der Waals surface area contributed by atoms with Crippen LogP contribution in [-0.2, 0) is 29.9 Å². The first-order chi connectivity index (χ1) is 17.5. The van der Waals surface area contributed by atoms with Crippen molar-refractivity contribution in [3.05, 3.63) is 46.4 Å². The molecule has 0 aromatic heterocycles. The number of rotatable bonds is 6. The minimum absolute atomic E-state index is 0.0799. The molecule has 2 aromatic carbocycles. The van der Waals surface area contributed by atoms with Crippen LogP contribution < -0.4 is 0 Å². The maximum absolute atomic E-state index is 13.6. The van der Waals surface area contributed by atoms with Crippen LogP contribution in [0, 0.1) is 0 Å². The molecule has 2 aliphatic heterocycles. The van der Waals surface area contributed by atoms with E-state index in [0.29, 0.717) is 51.9 Å². The molecule has 0 saturated carbocycles. The summed E-state index contributed by atoms with van der Waals surface area (Å²) in [4.78, 5) is -1.18. The fraction of sp³-hybridized carbons (Fsp3) is 0.500. The minimum atomic E-state index is -4.30. The highest BCUT2D eigenvalue weighted by Gasteiger charge is 2.32. The van der Waals surface area contributed by atoms with E-state index < -0.39 is 29.9 Å². The monoisotopic (exact) mass is 608 g/mol. The average Bonchev–Trinajstić information content (AvgIpc) is 3.30. The molecule has 2 aromatic rings. The number of benzene rings is 2. The van der Waals surface area contributed by atoms with Gasteiger partial charge in [0.05, 0.1) is 19.8 Å². The Morgan fingerprint density at radius 1 is 0.514 bits per heavy atom. The van der Waals surface area contributed by atoms with E-state index in [2.05, 4.69) is 0 Å². The molecular weight excluding hydrogens is 579 g/mol. The van der Waals surface area contributed by atoms with E-state index in [1.807, 2.05) is 0 Å². The van der Waals surface area contributed by atoms with Crippen LogP contribution in [0.5, 0.6) is 0 Å². The molecule has 13 heteroatoms. The number of hydrogen-bond donors (Lipinski definition) is 0. The van der Waals surface area contributed by atoms with E-state index >= 15 is 0 Å². The molecule has 37 heavy (non-hydrogen) atoms. The zero-order valence-corrected chi connectivity index (χ0v) is 24.2. The molecule has 0 N–H and O–H groups in total. The first-order valence-electron chi connectivity index (χ1n) is 12.3. The maximum Gasteiger partial charge on any atom is 0.244 e. The molecule has 2 saturated heterocycles. The first kappa shape index (κ1) is 28.8. The molecular formula is C24H30Cl2N2O6S3. The van der Waals surface area contributed by atoms with Crippen molar-refractivity contribution < 1.29 is 25.3 Å². The number of halogens is 2. The van der Waals surface area contributed by atoms with Gasteiger partial charge in [-0.3, -0.25) is 0 Å². The van der Waals surface area contributed by atoms with Gasteiger partial charge in [0.2, 0.25) is 29.9 Å². The average molecular weight is 610 g/mol. The minimum Gasteiger partial charge on any atom is -0.219 e. The third-order valence-electron chi connectivity index (χ3n) is 6.79. The summed E-state index contributed by atoms with van der Waals surface area (Å²) in [5, 5.41) is -0.160. The van der Waals surface area contributed by atoms with E-state index in [-0.39, 0.29) is 29.6 Å². The van der Waals surface area contributed by atoms with Crippen LogP contribution in [0.2, 0.25) is 10.0 Å². The van der Waals surface area contributed by atoms with Crippen molar-refractivity contribution in [2.75, 3.05) is 26.2 Å². The molecule has 204 valence electrons. The molecule has 0 bridgehead atoms. The summed E-state index contributed by atoms with van der Waals surface area (Å²) >= 11 is 12.5. The van der Waals surface area contributed by atoms with Gasteiger partial charge in [0, 0.05) is 26.2 Å². The Balaban J connectivity index is 1.74. The Bertz CT molecular complexity index is 1360. The highest BCUT2D eigenvalue weighted by molar-refractivity contribution is 7.92. The second kappa shape index (κ2) is 11.5. The molecule has 0 unspecified atom stereocenters. The molecule has 0 spiro atoms. The second-order valence-corrected chi connectivity index (χ2v) is 15.9. The predicted molar refractivity (Wildman–Crippen MR) is 143 cm³/mol. The quantitative estimate of drug-likeness (QED) is 0.459. The van der Waals surface area contributed by atoms with E-state index in [1.54, 1.807) is 0 Å². The van der Waals surface area contributed by atoms with Gasteiger partial charge in [0.1, 0.15) is 9.79 Å². The highest BCUT2D eigenvalue weighted by atomic mass is 35.5. The van der Waals surface area contributed by atoms with Crippen molar-refractivity contribution in [1.82, 2.24) is 8.61 Å². The summed E-state index contributed by atoms with van der Waals surface area (Å²) in [7, 11) is -12.3. The maximum atomic E-state index is 13.6. The van der Waals surface area contributed by atoms with Crippen molar-refractivity contribution in [3.63, 3.8) is 0 Å². The number of sulfone groups is 1. The summed E-state index contributed by atoms with van der Waals surface area (Å²) in [6, 6.07) is 7.02. The van der Waals surface area contributed by atoms with Crippen LogP contribution >= 0.6 is 23.2 Å². The number of nitrogens with zero attached hydrogens (tertiary/aromatic N) is 2. The van der Waals surface area contributed by atoms with Gasteiger partial charge in [-0.25, -0.2) is 25.3 Å². The standard InChI is InChI=1S/C24H30Cl2N2O6S3/c25-21-11-9-19(17-23(21)36(31,32)27-13-5-1-2-6-14-27)35(29,30)20-10-12-22(26)24(18-20)37(33,34)28-15-7-3-4-8-16-28/h9-12,17-18H,1-8,13-16H2. The zero-order valence-electron chi connectivity index (χ0n) is 20.3. The first-order valence-corrected chi connectivity index (χ1v) is 17.4. The fourth-order valence-electron chi connectivity index (χ4n) is 4.68. The normalized spacial score (nSPS) is 19.3. The van der Waals surface area contributed by atoms with Crippen LogP contribution in [0.4, 0.5) is 0 Å². The van der Waals surface area contributed by atoms with Crippen LogP contribution in [-0.4, -0.2) is 60.0 Å². The molecule has 2 heterocycles. The van der Waals surface area contributed by atoms with Gasteiger partial charge >= 0.3 is 0 Å². The van der Waals surface area contributed by atoms with Crippen molar-refractivity contribution >= 4 is 53.1 Å². The van der Waals surface area contributed by atoms with E-state index in [9.17, 15) is 25.3 Å². The second-order valence-electron chi connectivity index (χ2n) is 9.32. The lowest BCUT2D eigenvalue weighted by molar-refractivity contribution is 0.423. The van der Waals surface area contributed by atoms with Crippen molar-refractivity contribution in [2.45, 2.75) is 70.9 Å². The van der Waals surface area contributed by atoms with Crippen LogP contribution in [0.15, 0.2) is 56.0 Å². The van der Waals surface area contributed by atoms with Gasteiger partial charge in [0.25, 0.3) is 0 Å². The molecule has 0 radical (unpaired) electrons. The smallest absolute Gasteiger partial charge is 0.219 e. The Morgan fingerprint density at radius 2 is 0.838 bits per heavy atom. The Morgan fingerprint density at radius 3 is 1.16 bits per heavy atom. The van der Waals surface area contributed by atoms with Crippen LogP contribution in [0.1, 0.15) is 51.4 Å². The van der Waals surface area contributed by atoms with Crippen molar-refractivity contribution in [2.24, 2.45) is 0 Å². The summed E-state index contributed by atoms with van der Waals surface area (Å²) < 4.78 is 83.2. The van der Waals surface area contributed by atoms with Crippen LogP contribution in [0.3, 0.4) is 0 Å². The van der Waals surface area contributed by atoms with Gasteiger partial charge in [-0.2, -0.15) is 8.61 Å². The van der Waals surface area contributed by atoms with E-state index in [1.165, 1.54) is 32.9 Å². The van der Waals surface area contributed by atoms with Gasteiger partial charge < -0.3 is 0 Å². The van der Waals surface area contributed by atoms with Gasteiger partial charge in [-0.05, 0) is 62.1 Å². The van der Waals surface area contributed by atoms with E-state index in [0.717, 1.165) is 37.8 Å². The van der Waals surface area contributed by atoms with Crippen LogP contribution in [0.25, 0.3) is 0 Å². The Labute approximate surface area is 229 Å². The van der Waals surface area contributed by atoms with Crippen molar-refractivity contribution in [1.29, 1.82) is 0 Å². The molecule has 8 nitrogen and oxygen atoms in total. The lowest BCUT2D eigenvalue weighted by Crippen LogP contribution is -2.32. The molecule has 0 aliphatic carbocycles. The Kier molecular flexibility index (Phi) is 8.94. The molecule has 2 fully saturated rings. The zero-order chi connectivity index (χ0) is 26.8. The summed E-state index contributed by atoms with van der Waals surface area (Å²) in [5.74, 6) is 0. The lowest BCUT2D eigenvalue weighted by atomic mass is 10.2. The lowest BCUT2D eigenvalue weighted by Gasteiger charge is -2.21. The highest BCUT2D eigenvalue weighted by Crippen LogP contribution is 2.34. The van der Waals surface area contributed by atoms with E-state index in [4.69, 9.17) is 23.2 Å². The van der Waals surface area contributed by atoms with Gasteiger partial charge in [-0.15, -0.1) is 0 Å². The molecule has 0 atom stereocenters. The molecule has 4 rings (SSSR count). The summed E-state index contributed by atoms with van der Waals surface area (Å²) in [6.07, 6.45) is 6.56. The molecule has 2 aliphatic rings. The largest absolute Gasteiger partial charge is 0.244 e. The predicted octanol–water partition coefficient (Wildman–Crippen LogP) is 4.96. The van der Waals surface area contributed by atoms with Gasteiger partial charge in [-0.1, -0.05) is 48.9 Å². The number of hydrogen-bond acceptors (Lipinski definition) is 6. The third kappa shape index (κ3) is 6.03.